The van der Waals surface area contributed by atoms with Gasteiger partial charge < -0.3 is 9.64 Å². The fourth-order valence-electron chi connectivity index (χ4n) is 1.68. The summed E-state index contributed by atoms with van der Waals surface area (Å²) in [6, 6.07) is 5.97. The maximum absolute atomic E-state index is 6.10. The number of methoxy groups -OCH3 is 1. The Hall–Kier alpha value is -0.730. The van der Waals surface area contributed by atoms with Crippen molar-refractivity contribution in [2.24, 2.45) is 5.92 Å². The van der Waals surface area contributed by atoms with E-state index in [9.17, 15) is 0 Å². The highest BCUT2D eigenvalue weighted by atomic mass is 35.5. The molecule has 0 aliphatic rings. The Morgan fingerprint density at radius 3 is 2.59 bits per heavy atom. The summed E-state index contributed by atoms with van der Waals surface area (Å²) in [4.78, 5) is 2.32. The van der Waals surface area contributed by atoms with Crippen LogP contribution in [0.3, 0.4) is 0 Å². The number of nitrogens with zero attached hydrogens (tertiary/aromatic N) is 1. The van der Waals surface area contributed by atoms with E-state index < -0.39 is 0 Å². The second-order valence-electron chi connectivity index (χ2n) is 4.89. The zero-order chi connectivity index (χ0) is 12.8. The molecule has 0 aliphatic heterocycles. The molecule has 2 nitrogen and oxygen atoms in total. The molecule has 0 amide bonds. The van der Waals surface area contributed by atoms with Gasteiger partial charge in [-0.15, -0.1) is 0 Å². The molecule has 3 heteroatoms. The van der Waals surface area contributed by atoms with Crippen LogP contribution in [0.25, 0.3) is 0 Å². The molecule has 0 N–H and O–H groups in total. The van der Waals surface area contributed by atoms with E-state index in [0.29, 0.717) is 5.02 Å². The van der Waals surface area contributed by atoms with Crippen molar-refractivity contribution in [2.75, 3.05) is 20.7 Å². The Morgan fingerprint density at radius 1 is 1.35 bits per heavy atom. The van der Waals surface area contributed by atoms with Crippen molar-refractivity contribution in [3.8, 4) is 5.75 Å². The maximum atomic E-state index is 6.10. The van der Waals surface area contributed by atoms with Crippen molar-refractivity contribution < 1.29 is 4.74 Å². The number of halogens is 1. The van der Waals surface area contributed by atoms with Crippen molar-refractivity contribution in [2.45, 2.75) is 26.8 Å². The molecule has 0 spiro atoms. The molecule has 0 fully saturated rings. The van der Waals surface area contributed by atoms with E-state index >= 15 is 0 Å². The zero-order valence-electron chi connectivity index (χ0n) is 11.2. The van der Waals surface area contributed by atoms with Crippen molar-refractivity contribution in [3.05, 3.63) is 28.8 Å². The predicted molar refractivity (Wildman–Crippen MR) is 73.8 cm³/mol. The van der Waals surface area contributed by atoms with Crippen molar-refractivity contribution in [1.82, 2.24) is 4.90 Å². The predicted octanol–water partition coefficient (Wildman–Crippen LogP) is 3.83. The normalized spacial score (nSPS) is 11.2. The van der Waals surface area contributed by atoms with Gasteiger partial charge in [-0.1, -0.05) is 31.5 Å². The molecule has 1 rings (SSSR count). The van der Waals surface area contributed by atoms with Gasteiger partial charge in [0.05, 0.1) is 12.1 Å². The Morgan fingerprint density at radius 2 is 2.06 bits per heavy atom. The second kappa shape index (κ2) is 6.87. The molecular formula is C14H22ClNO. The fraction of sp³-hybridized carbons (Fsp3) is 0.571. The van der Waals surface area contributed by atoms with E-state index in [0.717, 1.165) is 24.8 Å². The number of hydrogen-bond acceptors (Lipinski definition) is 2. The summed E-state index contributed by atoms with van der Waals surface area (Å²) in [5.74, 6) is 1.48. The first-order valence-corrected chi connectivity index (χ1v) is 6.41. The Labute approximate surface area is 110 Å². The summed E-state index contributed by atoms with van der Waals surface area (Å²) < 4.78 is 5.14. The third kappa shape index (κ3) is 4.97. The maximum Gasteiger partial charge on any atom is 0.137 e. The highest BCUT2D eigenvalue weighted by molar-refractivity contribution is 6.32. The van der Waals surface area contributed by atoms with Gasteiger partial charge in [-0.05, 0) is 43.6 Å². The van der Waals surface area contributed by atoms with Crippen LogP contribution in [0, 0.1) is 5.92 Å². The first-order valence-electron chi connectivity index (χ1n) is 6.04. The molecule has 0 heterocycles. The summed E-state index contributed by atoms with van der Waals surface area (Å²) in [5, 5.41) is 0.683. The third-order valence-electron chi connectivity index (χ3n) is 2.76. The smallest absolute Gasteiger partial charge is 0.137 e. The first kappa shape index (κ1) is 14.3. The Bertz CT molecular complexity index is 352. The highest BCUT2D eigenvalue weighted by Crippen LogP contribution is 2.25. The van der Waals surface area contributed by atoms with Gasteiger partial charge in [0.15, 0.2) is 0 Å². The van der Waals surface area contributed by atoms with Gasteiger partial charge in [-0.3, -0.25) is 0 Å². The van der Waals surface area contributed by atoms with E-state index in [4.69, 9.17) is 16.3 Å². The lowest BCUT2D eigenvalue weighted by molar-refractivity contribution is 0.303. The zero-order valence-corrected chi connectivity index (χ0v) is 11.9. The van der Waals surface area contributed by atoms with Crippen LogP contribution in [0.4, 0.5) is 0 Å². The standard InChI is InChI=1S/C14H22ClNO/c1-11(2)7-8-16(3)10-12-5-6-14(17-4)13(15)9-12/h5-6,9,11H,7-8,10H2,1-4H3. The highest BCUT2D eigenvalue weighted by Gasteiger charge is 2.05. The summed E-state index contributed by atoms with van der Waals surface area (Å²) in [6.07, 6.45) is 1.22. The van der Waals surface area contributed by atoms with Crippen LogP contribution in [0.2, 0.25) is 5.02 Å². The quantitative estimate of drug-likeness (QED) is 0.766. The summed E-state index contributed by atoms with van der Waals surface area (Å²) in [6.45, 7) is 6.54. The number of ether oxygens (including phenoxy) is 1. The van der Waals surface area contributed by atoms with Gasteiger partial charge >= 0.3 is 0 Å². The third-order valence-corrected chi connectivity index (χ3v) is 3.05. The van der Waals surface area contributed by atoms with Gasteiger partial charge in [-0.25, -0.2) is 0 Å². The van der Waals surface area contributed by atoms with E-state index in [2.05, 4.69) is 31.9 Å². The second-order valence-corrected chi connectivity index (χ2v) is 5.30. The molecule has 0 aromatic heterocycles. The molecule has 0 radical (unpaired) electrons. The van der Waals surface area contributed by atoms with Crippen LogP contribution in [0.1, 0.15) is 25.8 Å². The summed E-state index contributed by atoms with van der Waals surface area (Å²) >= 11 is 6.10. The van der Waals surface area contributed by atoms with Crippen LogP contribution in [0.15, 0.2) is 18.2 Å². The minimum atomic E-state index is 0.683. The van der Waals surface area contributed by atoms with Crippen LogP contribution in [-0.2, 0) is 6.54 Å². The monoisotopic (exact) mass is 255 g/mol. The topological polar surface area (TPSA) is 12.5 Å². The lowest BCUT2D eigenvalue weighted by atomic mass is 10.1. The molecule has 0 bridgehead atoms. The average molecular weight is 256 g/mol. The fourth-order valence-corrected chi connectivity index (χ4v) is 1.96. The lowest BCUT2D eigenvalue weighted by Gasteiger charge is -2.18. The molecule has 0 atom stereocenters. The van der Waals surface area contributed by atoms with Gasteiger partial charge in [0, 0.05) is 6.54 Å². The molecule has 0 saturated heterocycles. The molecular weight excluding hydrogens is 234 g/mol. The molecule has 0 aliphatic carbocycles. The summed E-state index contributed by atoms with van der Waals surface area (Å²) in [7, 11) is 3.77. The SMILES string of the molecule is COc1ccc(CN(C)CCC(C)C)cc1Cl. The summed E-state index contributed by atoms with van der Waals surface area (Å²) in [5.41, 5.74) is 1.22. The molecule has 17 heavy (non-hydrogen) atoms. The first-order chi connectivity index (χ1) is 8.02. The van der Waals surface area contributed by atoms with Gasteiger partial charge in [-0.2, -0.15) is 0 Å². The Kier molecular flexibility index (Phi) is 5.79. The number of benzene rings is 1. The molecule has 1 aromatic carbocycles. The van der Waals surface area contributed by atoms with Crippen molar-refractivity contribution in [3.63, 3.8) is 0 Å². The van der Waals surface area contributed by atoms with Crippen LogP contribution < -0.4 is 4.74 Å². The Balaban J connectivity index is 2.53. The largest absolute Gasteiger partial charge is 0.495 e. The van der Waals surface area contributed by atoms with Crippen LogP contribution >= 0.6 is 11.6 Å². The van der Waals surface area contributed by atoms with E-state index in [1.54, 1.807) is 7.11 Å². The average Bonchev–Trinajstić information content (AvgIpc) is 2.26. The molecule has 1 aromatic rings. The number of rotatable bonds is 6. The number of hydrogen-bond donors (Lipinski definition) is 0. The van der Waals surface area contributed by atoms with Crippen LogP contribution in [-0.4, -0.2) is 25.6 Å². The molecule has 0 unspecified atom stereocenters. The lowest BCUT2D eigenvalue weighted by Crippen LogP contribution is -2.20. The van der Waals surface area contributed by atoms with Crippen LogP contribution in [0.5, 0.6) is 5.75 Å². The minimum absolute atomic E-state index is 0.683. The van der Waals surface area contributed by atoms with Crippen molar-refractivity contribution >= 4 is 11.6 Å². The van der Waals surface area contributed by atoms with E-state index in [-0.39, 0.29) is 0 Å². The van der Waals surface area contributed by atoms with Gasteiger partial charge in [0.2, 0.25) is 0 Å². The van der Waals surface area contributed by atoms with Gasteiger partial charge in [0.1, 0.15) is 5.75 Å². The van der Waals surface area contributed by atoms with Gasteiger partial charge in [0.25, 0.3) is 0 Å². The molecule has 96 valence electrons. The van der Waals surface area contributed by atoms with E-state index in [1.165, 1.54) is 12.0 Å². The minimum Gasteiger partial charge on any atom is -0.495 e. The van der Waals surface area contributed by atoms with Crippen molar-refractivity contribution in [1.29, 1.82) is 0 Å². The van der Waals surface area contributed by atoms with E-state index in [1.807, 2.05) is 12.1 Å². The molecule has 0 saturated carbocycles.